The zero-order valence-electron chi connectivity index (χ0n) is 45.5. The normalized spacial score (nSPS) is 22.3. The van der Waals surface area contributed by atoms with Crippen molar-refractivity contribution in [1.29, 1.82) is 0 Å². The number of thiazole rings is 1. The van der Waals surface area contributed by atoms with Crippen LogP contribution < -0.4 is 25.2 Å². The van der Waals surface area contributed by atoms with Crippen molar-refractivity contribution in [1.82, 2.24) is 45.5 Å². The van der Waals surface area contributed by atoms with Crippen molar-refractivity contribution in [2.75, 3.05) is 68.8 Å². The summed E-state index contributed by atoms with van der Waals surface area (Å²) in [5.41, 5.74) is 9.96. The van der Waals surface area contributed by atoms with E-state index in [4.69, 9.17) is 24.2 Å². The largest absolute Gasteiger partial charge is 0.508 e. The molecule has 16 nitrogen and oxygen atoms in total. The molecule has 1 aliphatic carbocycles. The summed E-state index contributed by atoms with van der Waals surface area (Å²) in [6, 6.07) is 20.8. The van der Waals surface area contributed by atoms with Gasteiger partial charge in [-0.25, -0.2) is 4.98 Å². The van der Waals surface area contributed by atoms with Crippen LogP contribution in [-0.2, 0) is 9.59 Å². The Hall–Kier alpha value is -6.69. The van der Waals surface area contributed by atoms with Crippen LogP contribution in [0.4, 0.5) is 11.6 Å². The van der Waals surface area contributed by atoms with E-state index in [1.54, 1.807) is 16.2 Å². The van der Waals surface area contributed by atoms with Gasteiger partial charge in [0, 0.05) is 86.6 Å². The van der Waals surface area contributed by atoms with Gasteiger partial charge in [0.2, 0.25) is 11.8 Å². The molecule has 6 aliphatic rings. The monoisotopic (exact) mass is 1070 g/mol. The number of ether oxygens (including phenoxy) is 1. The third-order valence-electron chi connectivity index (χ3n) is 18.0. The Morgan fingerprint density at radius 3 is 2.46 bits per heavy atom. The van der Waals surface area contributed by atoms with Crippen LogP contribution in [0.3, 0.4) is 0 Å². The van der Waals surface area contributed by atoms with E-state index >= 15 is 0 Å². The second-order valence-electron chi connectivity index (χ2n) is 23.6. The molecule has 6 atom stereocenters. The molecule has 7 aromatic rings. The third kappa shape index (κ3) is 9.52. The van der Waals surface area contributed by atoms with E-state index in [2.05, 4.69) is 84.9 Å². The highest BCUT2D eigenvalue weighted by Gasteiger charge is 2.42. The van der Waals surface area contributed by atoms with E-state index in [1.165, 1.54) is 18.4 Å². The Kier molecular flexibility index (Phi) is 13.6. The Balaban J connectivity index is 0.605. The van der Waals surface area contributed by atoms with Gasteiger partial charge in [-0.05, 0) is 123 Å². The number of rotatable bonds is 15. The molecule has 4 aromatic heterocycles. The second kappa shape index (κ2) is 20.8. The highest BCUT2D eigenvalue weighted by atomic mass is 32.1. The summed E-state index contributed by atoms with van der Waals surface area (Å²) in [5.74, 6) is 2.82. The van der Waals surface area contributed by atoms with Crippen molar-refractivity contribution in [2.24, 2.45) is 17.8 Å². The van der Waals surface area contributed by atoms with Crippen LogP contribution in [0.2, 0.25) is 0 Å². The highest BCUT2D eigenvalue weighted by molar-refractivity contribution is 7.13. The smallest absolute Gasteiger partial charge is 0.318 e. The predicted octanol–water partition coefficient (Wildman–Crippen LogP) is 9.60. The van der Waals surface area contributed by atoms with Gasteiger partial charge in [-0.1, -0.05) is 68.4 Å². The summed E-state index contributed by atoms with van der Waals surface area (Å²) in [7, 11) is 0. The zero-order valence-corrected chi connectivity index (χ0v) is 46.3. The van der Waals surface area contributed by atoms with Gasteiger partial charge in [-0.15, -0.1) is 11.3 Å². The lowest BCUT2D eigenvalue weighted by molar-refractivity contribution is -0.141. The van der Waals surface area contributed by atoms with Gasteiger partial charge >= 0.3 is 6.01 Å². The molecule has 0 radical (unpaired) electrons. The Morgan fingerprint density at radius 1 is 0.910 bits per heavy atom. The molecule has 0 saturated carbocycles. The maximum atomic E-state index is 14.4. The third-order valence-corrected chi connectivity index (χ3v) is 19.0. The number of anilines is 2. The summed E-state index contributed by atoms with van der Waals surface area (Å²) < 4.78 is 12.6. The average Bonchev–Trinajstić information content (AvgIpc) is 4.41. The number of likely N-dealkylation sites (tertiary alicyclic amines) is 2. The quantitative estimate of drug-likeness (QED) is 0.0884. The molecule has 2 amide bonds. The number of hydrogen-bond donors (Lipinski definition) is 3. The SMILES string of the molecule is Cc1ncsc1-c1ccc([C@H](C)NC(=O)[C@@H]2CCCN2C(=O)[C@@H](c2cc(N3CC(CN4CCC(CCOc5nc(N6CC7CCC(C6)N7)c6cnc7c(c6n5)C(C)c5cccc6cc(O)cc-7c56)CC4)C3)no2)C(C)C)cc1. The van der Waals surface area contributed by atoms with E-state index in [-0.39, 0.29) is 35.4 Å². The molecule has 5 fully saturated rings. The number of phenolic OH excluding ortho intramolecular Hbond substituents is 1. The summed E-state index contributed by atoms with van der Waals surface area (Å²) in [6.45, 7) is 18.2. The van der Waals surface area contributed by atoms with Crippen molar-refractivity contribution >= 4 is 56.5 Å². The molecule has 3 N–H and O–H groups in total. The number of aromatic nitrogens is 5. The van der Waals surface area contributed by atoms with Crippen LogP contribution in [0.15, 0.2) is 76.9 Å². The molecule has 5 aliphatic heterocycles. The first-order valence-electron chi connectivity index (χ1n) is 28.6. The zero-order chi connectivity index (χ0) is 53.3. The Labute approximate surface area is 460 Å². The minimum absolute atomic E-state index is 0.0391. The topological polar surface area (TPSA) is 178 Å². The van der Waals surface area contributed by atoms with Crippen molar-refractivity contribution in [3.63, 3.8) is 0 Å². The number of nitrogens with one attached hydrogen (secondary N) is 2. The van der Waals surface area contributed by atoms with Crippen molar-refractivity contribution < 1.29 is 24.0 Å². The van der Waals surface area contributed by atoms with Crippen LogP contribution in [0.25, 0.3) is 43.4 Å². The van der Waals surface area contributed by atoms with E-state index < -0.39 is 12.0 Å². The lowest BCUT2D eigenvalue weighted by atomic mass is 9.79. The minimum atomic E-state index is -0.535. The first-order valence-corrected chi connectivity index (χ1v) is 29.4. The summed E-state index contributed by atoms with van der Waals surface area (Å²) in [4.78, 5) is 58.3. The molecule has 3 aromatic carbocycles. The van der Waals surface area contributed by atoms with Gasteiger partial charge in [0.05, 0.1) is 45.3 Å². The van der Waals surface area contributed by atoms with Crippen LogP contribution in [0, 0.1) is 24.7 Å². The molecule has 0 spiro atoms. The molecular weight excluding hydrogens is 999 g/mol. The van der Waals surface area contributed by atoms with Gasteiger partial charge in [-0.3, -0.25) is 14.6 Å². The first kappa shape index (κ1) is 50.8. The van der Waals surface area contributed by atoms with Crippen LogP contribution in [0.1, 0.15) is 119 Å². The highest BCUT2D eigenvalue weighted by Crippen LogP contribution is 2.49. The van der Waals surface area contributed by atoms with E-state index in [1.807, 2.05) is 57.6 Å². The number of benzene rings is 3. The summed E-state index contributed by atoms with van der Waals surface area (Å²) >= 11 is 1.62. The summed E-state index contributed by atoms with van der Waals surface area (Å²) in [6.07, 6.45) is 8.89. The Bertz CT molecular complexity index is 3370. The molecule has 13 rings (SSSR count). The van der Waals surface area contributed by atoms with Crippen LogP contribution in [0.5, 0.6) is 11.8 Å². The molecule has 2 bridgehead atoms. The van der Waals surface area contributed by atoms with Gasteiger partial charge in [-0.2, -0.15) is 9.97 Å². The van der Waals surface area contributed by atoms with Crippen LogP contribution >= 0.6 is 11.3 Å². The molecule has 3 unspecified atom stereocenters. The number of nitrogens with zero attached hydrogens (tertiary/aromatic N) is 9. The maximum absolute atomic E-state index is 14.4. The standard InChI is InChI=1S/C61H71N11O5S/c1-34(2)52(60(75)72-20-7-10-49(72)59(74)64-36(4)40-11-13-41(14-12-40)57-37(5)63-33-78-57)50-26-51(68-77-50)70-29-39(30-70)28-69-21-17-38(18-22-69)19-23-76-61-66-56-48(58(67-61)71-31-43-15-16-44(32-71)65-43)27-62-55-47-25-45(73)24-42-8-6-9-46(54(42)47)35(3)53(55)56/h6,8-9,11-14,24-27,33-36,38-39,43-44,49,52,65,73H,7,10,15-23,28-32H2,1-5H3,(H,64,74)/t35?,36-,43?,44?,49-,52+/m0/s1. The van der Waals surface area contributed by atoms with Gasteiger partial charge in [0.1, 0.15) is 23.5 Å². The first-order chi connectivity index (χ1) is 37.9. The van der Waals surface area contributed by atoms with E-state index in [0.717, 1.165) is 143 Å². The summed E-state index contributed by atoms with van der Waals surface area (Å²) in [5, 5.41) is 25.4. The molecule has 9 heterocycles. The van der Waals surface area contributed by atoms with Gasteiger partial charge in [0.15, 0.2) is 11.6 Å². The number of carbonyl (C=O) groups excluding carboxylic acids is 2. The number of phenols is 1. The average molecular weight is 1070 g/mol. The van der Waals surface area contributed by atoms with Crippen molar-refractivity contribution in [3.05, 3.63) is 101 Å². The molecule has 406 valence electrons. The number of aryl methyl sites for hydroxylation is 1. The number of piperidine rings is 1. The van der Waals surface area contributed by atoms with E-state index in [0.29, 0.717) is 55.3 Å². The van der Waals surface area contributed by atoms with E-state index in [9.17, 15) is 14.7 Å². The molecule has 17 heteroatoms. The minimum Gasteiger partial charge on any atom is -0.508 e. The van der Waals surface area contributed by atoms with Crippen molar-refractivity contribution in [2.45, 2.75) is 116 Å². The van der Waals surface area contributed by atoms with Crippen LogP contribution in [-0.4, -0.2) is 129 Å². The van der Waals surface area contributed by atoms with Gasteiger partial charge < -0.3 is 44.6 Å². The maximum Gasteiger partial charge on any atom is 0.318 e. The van der Waals surface area contributed by atoms with Gasteiger partial charge in [0.25, 0.3) is 0 Å². The number of pyridine rings is 1. The fourth-order valence-corrected chi connectivity index (χ4v) is 14.6. The molecular formula is C61H71N11O5S. The fraction of sp³-hybridized carbons (Fsp3) is 0.492. The second-order valence-corrected chi connectivity index (χ2v) is 24.4. The Morgan fingerprint density at radius 2 is 1.71 bits per heavy atom. The number of hydrogen-bond acceptors (Lipinski definition) is 15. The molecule has 78 heavy (non-hydrogen) atoms. The fourth-order valence-electron chi connectivity index (χ4n) is 13.8. The number of carbonyl (C=O) groups is 2. The van der Waals surface area contributed by atoms with Crippen molar-refractivity contribution in [3.8, 4) is 33.5 Å². The lowest BCUT2D eigenvalue weighted by Gasteiger charge is -2.43. The predicted molar refractivity (Wildman–Crippen MR) is 304 cm³/mol. The molecule has 5 saturated heterocycles. The number of aromatic hydroxyl groups is 1. The lowest BCUT2D eigenvalue weighted by Crippen LogP contribution is -2.52. The number of piperazine rings is 1. The number of fused-ring (bicyclic) bond motifs is 6. The number of amides is 2.